The Labute approximate surface area is 125 Å². The Morgan fingerprint density at radius 1 is 1.14 bits per heavy atom. The van der Waals surface area contributed by atoms with Crippen molar-refractivity contribution in [1.82, 2.24) is 5.32 Å². The minimum atomic E-state index is -0.462. The highest BCUT2D eigenvalue weighted by Gasteiger charge is 2.16. The van der Waals surface area contributed by atoms with Crippen molar-refractivity contribution in [2.75, 3.05) is 6.61 Å². The molecule has 1 aromatic heterocycles. The molecule has 0 saturated carbocycles. The van der Waals surface area contributed by atoms with Gasteiger partial charge in [0.1, 0.15) is 11.5 Å². The Morgan fingerprint density at radius 3 is 2.38 bits per heavy atom. The summed E-state index contributed by atoms with van der Waals surface area (Å²) in [5.74, 6) is 1.62. The van der Waals surface area contributed by atoms with Crippen LogP contribution in [-0.2, 0) is 6.54 Å². The molecule has 2 rings (SSSR count). The second-order valence-electron chi connectivity index (χ2n) is 5.96. The molecule has 1 heterocycles. The van der Waals surface area contributed by atoms with Crippen molar-refractivity contribution in [2.45, 2.75) is 39.0 Å². The van der Waals surface area contributed by atoms with E-state index in [4.69, 9.17) is 4.42 Å². The molecule has 0 fully saturated rings. The topological polar surface area (TPSA) is 65.6 Å². The van der Waals surface area contributed by atoms with Crippen LogP contribution in [0.2, 0.25) is 0 Å². The SMILES string of the molecule is C[C@H](O)c1ccc(-c2ccc(CNC(C)(C)CO)o2)cc1. The molecule has 0 aliphatic heterocycles. The Balaban J connectivity index is 2.05. The third-order valence-electron chi connectivity index (χ3n) is 3.48. The monoisotopic (exact) mass is 289 g/mol. The van der Waals surface area contributed by atoms with E-state index in [0.29, 0.717) is 6.54 Å². The van der Waals surface area contributed by atoms with Gasteiger partial charge in [0.2, 0.25) is 0 Å². The van der Waals surface area contributed by atoms with Crippen LogP contribution in [0, 0.1) is 0 Å². The quantitative estimate of drug-likeness (QED) is 0.765. The summed E-state index contributed by atoms with van der Waals surface area (Å²) in [6.07, 6.45) is -0.462. The molecule has 0 aliphatic rings. The van der Waals surface area contributed by atoms with Crippen LogP contribution in [0.15, 0.2) is 40.8 Å². The van der Waals surface area contributed by atoms with Gasteiger partial charge in [-0.3, -0.25) is 0 Å². The molecular formula is C17H23NO3. The summed E-state index contributed by atoms with van der Waals surface area (Å²) in [7, 11) is 0. The molecule has 4 nitrogen and oxygen atoms in total. The van der Waals surface area contributed by atoms with E-state index in [1.165, 1.54) is 0 Å². The number of hydrogen-bond donors (Lipinski definition) is 3. The lowest BCUT2D eigenvalue weighted by atomic mass is 10.1. The molecule has 0 radical (unpaired) electrons. The third kappa shape index (κ3) is 4.17. The molecule has 21 heavy (non-hydrogen) atoms. The summed E-state index contributed by atoms with van der Waals surface area (Å²) >= 11 is 0. The zero-order valence-corrected chi connectivity index (χ0v) is 12.8. The number of aliphatic hydroxyl groups excluding tert-OH is 2. The molecular weight excluding hydrogens is 266 g/mol. The van der Waals surface area contributed by atoms with E-state index >= 15 is 0 Å². The van der Waals surface area contributed by atoms with Gasteiger partial charge < -0.3 is 19.9 Å². The van der Waals surface area contributed by atoms with Gasteiger partial charge in [-0.15, -0.1) is 0 Å². The zero-order valence-electron chi connectivity index (χ0n) is 12.8. The van der Waals surface area contributed by atoms with Gasteiger partial charge in [0.15, 0.2) is 0 Å². The minimum absolute atomic E-state index is 0.0708. The molecule has 0 spiro atoms. The Kier molecular flexibility index (Phi) is 4.83. The van der Waals surface area contributed by atoms with E-state index in [0.717, 1.165) is 22.6 Å². The molecule has 0 amide bonds. The zero-order chi connectivity index (χ0) is 15.5. The molecule has 3 N–H and O–H groups in total. The van der Waals surface area contributed by atoms with Crippen LogP contribution in [0.3, 0.4) is 0 Å². The maximum absolute atomic E-state index is 9.51. The highest BCUT2D eigenvalue weighted by atomic mass is 16.3. The van der Waals surface area contributed by atoms with E-state index in [1.807, 2.05) is 50.2 Å². The summed E-state index contributed by atoms with van der Waals surface area (Å²) in [6, 6.07) is 11.5. The third-order valence-corrected chi connectivity index (χ3v) is 3.48. The van der Waals surface area contributed by atoms with Gasteiger partial charge in [0, 0.05) is 11.1 Å². The molecule has 114 valence electrons. The number of benzene rings is 1. The Hall–Kier alpha value is -1.62. The maximum Gasteiger partial charge on any atom is 0.134 e. The lowest BCUT2D eigenvalue weighted by Gasteiger charge is -2.22. The van der Waals surface area contributed by atoms with Crippen LogP contribution in [0.25, 0.3) is 11.3 Å². The fourth-order valence-electron chi connectivity index (χ4n) is 1.94. The first-order chi connectivity index (χ1) is 9.91. The molecule has 0 bridgehead atoms. The van der Waals surface area contributed by atoms with E-state index in [2.05, 4.69) is 5.32 Å². The van der Waals surface area contributed by atoms with Crippen molar-refractivity contribution < 1.29 is 14.6 Å². The summed E-state index contributed by atoms with van der Waals surface area (Å²) in [6.45, 7) is 6.26. The lowest BCUT2D eigenvalue weighted by molar-refractivity contribution is 0.184. The number of rotatable bonds is 6. The molecule has 0 unspecified atom stereocenters. The van der Waals surface area contributed by atoms with Crippen molar-refractivity contribution in [3.8, 4) is 11.3 Å². The van der Waals surface area contributed by atoms with E-state index in [9.17, 15) is 10.2 Å². The summed E-state index contributed by atoms with van der Waals surface area (Å²) < 4.78 is 5.80. The van der Waals surface area contributed by atoms with Crippen LogP contribution in [-0.4, -0.2) is 22.4 Å². The first-order valence-electron chi connectivity index (χ1n) is 7.14. The number of aliphatic hydroxyl groups is 2. The van der Waals surface area contributed by atoms with E-state index in [1.54, 1.807) is 6.92 Å². The highest BCUT2D eigenvalue weighted by Crippen LogP contribution is 2.24. The van der Waals surface area contributed by atoms with Crippen molar-refractivity contribution in [1.29, 1.82) is 0 Å². The largest absolute Gasteiger partial charge is 0.460 e. The van der Waals surface area contributed by atoms with Gasteiger partial charge in [-0.05, 0) is 38.5 Å². The summed E-state index contributed by atoms with van der Waals surface area (Å²) in [4.78, 5) is 0. The fourth-order valence-corrected chi connectivity index (χ4v) is 1.94. The van der Waals surface area contributed by atoms with Gasteiger partial charge >= 0.3 is 0 Å². The summed E-state index contributed by atoms with van der Waals surface area (Å²) in [5, 5.41) is 22.0. The van der Waals surface area contributed by atoms with Crippen LogP contribution in [0.1, 0.15) is 38.2 Å². The predicted octanol–water partition coefficient (Wildman–Crippen LogP) is 2.86. The molecule has 4 heteroatoms. The smallest absolute Gasteiger partial charge is 0.134 e. The first-order valence-corrected chi connectivity index (χ1v) is 7.14. The lowest BCUT2D eigenvalue weighted by Crippen LogP contribution is -2.41. The average molecular weight is 289 g/mol. The number of hydrogen-bond acceptors (Lipinski definition) is 4. The van der Waals surface area contributed by atoms with Gasteiger partial charge in [0.05, 0.1) is 19.3 Å². The normalized spacial score (nSPS) is 13.4. The van der Waals surface area contributed by atoms with Gasteiger partial charge in [-0.25, -0.2) is 0 Å². The standard InChI is InChI=1S/C17H23NO3/c1-12(20)13-4-6-14(7-5-13)16-9-8-15(21-16)10-18-17(2,3)11-19/h4-9,12,18-20H,10-11H2,1-3H3/t12-/m0/s1. The maximum atomic E-state index is 9.51. The number of nitrogens with one attached hydrogen (secondary N) is 1. The van der Waals surface area contributed by atoms with Crippen molar-refractivity contribution in [3.63, 3.8) is 0 Å². The second-order valence-corrected chi connectivity index (χ2v) is 5.96. The van der Waals surface area contributed by atoms with Crippen molar-refractivity contribution >= 4 is 0 Å². The van der Waals surface area contributed by atoms with E-state index in [-0.39, 0.29) is 12.1 Å². The molecule has 1 atom stereocenters. The predicted molar refractivity (Wildman–Crippen MR) is 82.8 cm³/mol. The van der Waals surface area contributed by atoms with Crippen molar-refractivity contribution in [2.24, 2.45) is 0 Å². The van der Waals surface area contributed by atoms with Gasteiger partial charge in [0.25, 0.3) is 0 Å². The first kappa shape index (κ1) is 15.8. The van der Waals surface area contributed by atoms with Crippen LogP contribution >= 0.6 is 0 Å². The van der Waals surface area contributed by atoms with Gasteiger partial charge in [-0.2, -0.15) is 0 Å². The van der Waals surface area contributed by atoms with E-state index < -0.39 is 6.10 Å². The second kappa shape index (κ2) is 6.43. The molecule has 1 aromatic carbocycles. The molecule has 0 aliphatic carbocycles. The van der Waals surface area contributed by atoms with Crippen molar-refractivity contribution in [3.05, 3.63) is 47.7 Å². The average Bonchev–Trinajstić information content (AvgIpc) is 2.94. The fraction of sp³-hybridized carbons (Fsp3) is 0.412. The Morgan fingerprint density at radius 2 is 1.81 bits per heavy atom. The van der Waals surface area contributed by atoms with Crippen LogP contribution in [0.4, 0.5) is 0 Å². The van der Waals surface area contributed by atoms with Gasteiger partial charge in [-0.1, -0.05) is 24.3 Å². The molecule has 2 aromatic rings. The number of furan rings is 1. The van der Waals surface area contributed by atoms with Crippen LogP contribution in [0.5, 0.6) is 0 Å². The minimum Gasteiger partial charge on any atom is -0.460 e. The summed E-state index contributed by atoms with van der Waals surface area (Å²) in [5.41, 5.74) is 1.54. The Bertz CT molecular complexity index is 570. The highest BCUT2D eigenvalue weighted by molar-refractivity contribution is 5.58. The van der Waals surface area contributed by atoms with Crippen LogP contribution < -0.4 is 5.32 Å². The molecule has 0 saturated heterocycles.